The molecule has 0 spiro atoms. The van der Waals surface area contributed by atoms with E-state index < -0.39 is 5.97 Å². The fourth-order valence-corrected chi connectivity index (χ4v) is 2.68. The molecule has 1 saturated heterocycles. The van der Waals surface area contributed by atoms with E-state index in [4.69, 9.17) is 5.11 Å². The summed E-state index contributed by atoms with van der Waals surface area (Å²) in [5, 5.41) is 15.6. The van der Waals surface area contributed by atoms with Crippen LogP contribution in [0.3, 0.4) is 0 Å². The van der Waals surface area contributed by atoms with Crippen LogP contribution < -0.4 is 10.7 Å². The Morgan fingerprint density at radius 3 is 2.71 bits per heavy atom. The maximum absolute atomic E-state index is 11.7. The molecule has 1 aliphatic heterocycles. The van der Waals surface area contributed by atoms with Crippen molar-refractivity contribution in [3.8, 4) is 0 Å². The first-order valence-corrected chi connectivity index (χ1v) is 7.58. The first-order valence-electron chi connectivity index (χ1n) is 6.70. The molecule has 1 aromatic rings. The number of amides is 2. The Hall–Kier alpha value is -1.71. The summed E-state index contributed by atoms with van der Waals surface area (Å²) in [4.78, 5) is 28.6. The number of carboxylic acid groups (broad SMARTS) is 1. The molecule has 2 rings (SSSR count). The number of aromatic nitrogens is 1. The van der Waals surface area contributed by atoms with Gasteiger partial charge in [-0.05, 0) is 7.05 Å². The lowest BCUT2D eigenvalue weighted by atomic mass is 10.4. The smallest absolute Gasteiger partial charge is 0.355 e. The van der Waals surface area contributed by atoms with E-state index >= 15 is 0 Å². The maximum atomic E-state index is 11.7. The lowest BCUT2D eigenvalue weighted by Crippen LogP contribution is -2.55. The summed E-state index contributed by atoms with van der Waals surface area (Å²) in [6.45, 7) is 3.89. The van der Waals surface area contributed by atoms with Gasteiger partial charge in [0.1, 0.15) is 0 Å². The van der Waals surface area contributed by atoms with Crippen LogP contribution in [0.4, 0.5) is 4.79 Å². The molecule has 0 radical (unpaired) electrons. The van der Waals surface area contributed by atoms with Crippen molar-refractivity contribution in [3.05, 3.63) is 16.1 Å². The fourth-order valence-electron chi connectivity index (χ4n) is 1.91. The number of thiazole rings is 1. The minimum Gasteiger partial charge on any atom is -0.476 e. The van der Waals surface area contributed by atoms with Gasteiger partial charge in [-0.2, -0.15) is 0 Å². The number of urea groups is 1. The molecule has 2 amide bonds. The molecule has 0 atom stereocenters. The van der Waals surface area contributed by atoms with Crippen LogP contribution in [0.15, 0.2) is 5.38 Å². The summed E-state index contributed by atoms with van der Waals surface area (Å²) in [6, 6.07) is -0.241. The number of nitrogens with one attached hydrogen (secondary N) is 2. The van der Waals surface area contributed by atoms with Gasteiger partial charge in [0.15, 0.2) is 5.69 Å². The van der Waals surface area contributed by atoms with Gasteiger partial charge in [0.25, 0.3) is 0 Å². The quantitative estimate of drug-likeness (QED) is 0.699. The molecule has 0 aliphatic carbocycles. The standard InChI is InChI=1S/C12H19N5O3S/c1-16-4-6-17(7-5-16)15-12(20)13-3-2-10-14-9(8-21-10)11(18)19/h8H,2-7H2,1H3,(H,18,19)(H2,13,15,20). The number of nitrogens with zero attached hydrogens (tertiary/aromatic N) is 3. The van der Waals surface area contributed by atoms with Crippen LogP contribution in [0.25, 0.3) is 0 Å². The zero-order valence-corrected chi connectivity index (χ0v) is 12.7. The Bertz CT molecular complexity index is 499. The number of hydrogen-bond donors (Lipinski definition) is 3. The van der Waals surface area contributed by atoms with Crippen LogP contribution >= 0.6 is 11.3 Å². The second kappa shape index (κ2) is 7.34. The topological polar surface area (TPSA) is 97.8 Å². The monoisotopic (exact) mass is 313 g/mol. The highest BCUT2D eigenvalue weighted by Gasteiger charge is 2.15. The molecule has 9 heteroatoms. The van der Waals surface area contributed by atoms with Crippen LogP contribution in [0.5, 0.6) is 0 Å². The Morgan fingerprint density at radius 2 is 2.10 bits per heavy atom. The number of rotatable bonds is 5. The molecule has 1 aliphatic rings. The normalized spacial score (nSPS) is 16.6. The molecule has 21 heavy (non-hydrogen) atoms. The number of carbonyl (C=O) groups excluding carboxylic acids is 1. The van der Waals surface area contributed by atoms with Gasteiger partial charge in [-0.1, -0.05) is 0 Å². The predicted molar refractivity (Wildman–Crippen MR) is 78.4 cm³/mol. The molecule has 8 nitrogen and oxygen atoms in total. The summed E-state index contributed by atoms with van der Waals surface area (Å²) in [5.74, 6) is -1.03. The van der Waals surface area contributed by atoms with E-state index in [-0.39, 0.29) is 11.7 Å². The fraction of sp³-hybridized carbons (Fsp3) is 0.583. The van der Waals surface area contributed by atoms with Gasteiger partial charge in [-0.25, -0.2) is 19.6 Å². The zero-order chi connectivity index (χ0) is 15.2. The number of piperazine rings is 1. The second-order valence-corrected chi connectivity index (χ2v) is 5.78. The molecule has 0 aromatic carbocycles. The summed E-state index contributed by atoms with van der Waals surface area (Å²) in [7, 11) is 2.05. The van der Waals surface area contributed by atoms with E-state index in [1.54, 1.807) is 0 Å². The van der Waals surface area contributed by atoms with Gasteiger partial charge in [-0.3, -0.25) is 5.43 Å². The van der Waals surface area contributed by atoms with Crippen molar-refractivity contribution in [2.45, 2.75) is 6.42 Å². The molecule has 3 N–H and O–H groups in total. The highest BCUT2D eigenvalue weighted by Crippen LogP contribution is 2.09. The summed E-state index contributed by atoms with van der Waals surface area (Å²) < 4.78 is 0. The Morgan fingerprint density at radius 1 is 1.38 bits per heavy atom. The van der Waals surface area contributed by atoms with Gasteiger partial charge in [0.05, 0.1) is 5.01 Å². The molecule has 1 fully saturated rings. The molecule has 0 bridgehead atoms. The van der Waals surface area contributed by atoms with Crippen molar-refractivity contribution in [3.63, 3.8) is 0 Å². The average Bonchev–Trinajstić information content (AvgIpc) is 2.90. The van der Waals surface area contributed by atoms with Crippen molar-refractivity contribution < 1.29 is 14.7 Å². The first-order chi connectivity index (χ1) is 10.0. The molecule has 116 valence electrons. The Balaban J connectivity index is 1.65. The predicted octanol–water partition coefficient (Wildman–Crippen LogP) is -0.155. The van der Waals surface area contributed by atoms with Crippen molar-refractivity contribution >= 4 is 23.3 Å². The van der Waals surface area contributed by atoms with Crippen molar-refractivity contribution in [1.29, 1.82) is 0 Å². The van der Waals surface area contributed by atoms with E-state index in [0.717, 1.165) is 26.2 Å². The second-order valence-electron chi connectivity index (χ2n) is 4.84. The largest absolute Gasteiger partial charge is 0.476 e. The minimum absolute atomic E-state index is 0.0527. The zero-order valence-electron chi connectivity index (χ0n) is 11.8. The highest BCUT2D eigenvalue weighted by molar-refractivity contribution is 7.09. The van der Waals surface area contributed by atoms with Gasteiger partial charge in [-0.15, -0.1) is 11.3 Å². The summed E-state index contributed by atoms with van der Waals surface area (Å²) in [6.07, 6.45) is 0.522. The van der Waals surface area contributed by atoms with Crippen molar-refractivity contribution in [2.75, 3.05) is 39.8 Å². The Kier molecular flexibility index (Phi) is 5.48. The number of carboxylic acids is 1. The van der Waals surface area contributed by atoms with Gasteiger partial charge in [0.2, 0.25) is 0 Å². The highest BCUT2D eigenvalue weighted by atomic mass is 32.1. The maximum Gasteiger partial charge on any atom is 0.355 e. The minimum atomic E-state index is -1.03. The molecule has 0 unspecified atom stereocenters. The third-order valence-electron chi connectivity index (χ3n) is 3.16. The molecule has 2 heterocycles. The third kappa shape index (κ3) is 4.96. The SMILES string of the molecule is CN1CCN(NC(=O)NCCc2nc(C(=O)O)cs2)CC1. The van der Waals surface area contributed by atoms with Gasteiger partial charge < -0.3 is 15.3 Å². The lowest BCUT2D eigenvalue weighted by molar-refractivity contribution is 0.0691. The molecule has 0 saturated carbocycles. The van der Waals surface area contributed by atoms with Crippen LogP contribution in [0.1, 0.15) is 15.5 Å². The Labute approximate surface area is 126 Å². The van der Waals surface area contributed by atoms with E-state index in [0.29, 0.717) is 18.0 Å². The van der Waals surface area contributed by atoms with Gasteiger partial charge in [0, 0.05) is 44.5 Å². The van der Waals surface area contributed by atoms with E-state index in [2.05, 4.69) is 27.7 Å². The van der Waals surface area contributed by atoms with E-state index in [9.17, 15) is 9.59 Å². The summed E-state index contributed by atoms with van der Waals surface area (Å²) >= 11 is 1.29. The van der Waals surface area contributed by atoms with Crippen LogP contribution in [0.2, 0.25) is 0 Å². The number of carbonyl (C=O) groups is 2. The molecule has 1 aromatic heterocycles. The van der Waals surface area contributed by atoms with E-state index in [1.807, 2.05) is 5.01 Å². The van der Waals surface area contributed by atoms with Crippen molar-refractivity contribution in [1.82, 2.24) is 25.6 Å². The number of likely N-dealkylation sites (N-methyl/N-ethyl adjacent to an activating group) is 1. The first kappa shape index (κ1) is 15.7. The summed E-state index contributed by atoms with van der Waals surface area (Å²) in [5.41, 5.74) is 2.85. The molecular weight excluding hydrogens is 294 g/mol. The van der Waals surface area contributed by atoms with E-state index in [1.165, 1.54) is 16.7 Å². The third-order valence-corrected chi connectivity index (χ3v) is 4.07. The number of hydrazine groups is 1. The number of aromatic carboxylic acids is 1. The number of hydrogen-bond acceptors (Lipinski definition) is 6. The van der Waals surface area contributed by atoms with Crippen LogP contribution in [-0.4, -0.2) is 71.8 Å². The molecular formula is C12H19N5O3S. The lowest BCUT2D eigenvalue weighted by Gasteiger charge is -2.32. The van der Waals surface area contributed by atoms with Crippen LogP contribution in [0, 0.1) is 0 Å². The average molecular weight is 313 g/mol. The van der Waals surface area contributed by atoms with Crippen molar-refractivity contribution in [2.24, 2.45) is 0 Å². The van der Waals surface area contributed by atoms with Crippen LogP contribution in [-0.2, 0) is 6.42 Å². The van der Waals surface area contributed by atoms with Gasteiger partial charge >= 0.3 is 12.0 Å².